The van der Waals surface area contributed by atoms with Gasteiger partial charge in [-0.15, -0.1) is 0 Å². The van der Waals surface area contributed by atoms with Crippen LogP contribution in [0.1, 0.15) is 103 Å². The largest absolute Gasteiger partial charge is 0.462 e. The zero-order chi connectivity index (χ0) is 15.6. The first-order valence-corrected chi connectivity index (χ1v) is 9.99. The van der Waals surface area contributed by atoms with E-state index in [0.29, 0.717) is 6.42 Å². The van der Waals surface area contributed by atoms with Crippen molar-refractivity contribution in [2.24, 2.45) is 11.8 Å². The number of hydrogen-bond acceptors (Lipinski definition) is 2. The lowest BCUT2D eigenvalue weighted by molar-refractivity contribution is -0.151. The number of carbonyl (C=O) groups excluding carboxylic acids is 1. The maximum Gasteiger partial charge on any atom is 0.306 e. The molecule has 2 fully saturated rings. The van der Waals surface area contributed by atoms with E-state index in [-0.39, 0.29) is 12.1 Å². The summed E-state index contributed by atoms with van der Waals surface area (Å²) in [6.45, 7) is 2.22. The van der Waals surface area contributed by atoms with E-state index in [1.165, 1.54) is 70.6 Å². The Hall–Kier alpha value is -0.530. The fourth-order valence-corrected chi connectivity index (χ4v) is 4.40. The molecule has 0 atom stereocenters. The van der Waals surface area contributed by atoms with Gasteiger partial charge in [0.05, 0.1) is 0 Å². The van der Waals surface area contributed by atoms with Crippen molar-refractivity contribution >= 4 is 5.97 Å². The fraction of sp³-hybridized carbons (Fsp3) is 0.950. The zero-order valence-electron chi connectivity index (χ0n) is 14.7. The Morgan fingerprint density at radius 1 is 0.818 bits per heavy atom. The number of hydrogen-bond donors (Lipinski definition) is 0. The number of carbonyl (C=O) groups is 1. The Bertz CT molecular complexity index is 299. The van der Waals surface area contributed by atoms with Crippen LogP contribution >= 0.6 is 0 Å². The lowest BCUT2D eigenvalue weighted by Gasteiger charge is -2.35. The van der Waals surface area contributed by atoms with Gasteiger partial charge in [0, 0.05) is 6.42 Å². The Kier molecular flexibility index (Phi) is 8.33. The second-order valence-corrected chi connectivity index (χ2v) is 7.59. The summed E-state index contributed by atoms with van der Waals surface area (Å²) in [4.78, 5) is 11.9. The smallest absolute Gasteiger partial charge is 0.306 e. The molecule has 0 aromatic carbocycles. The van der Waals surface area contributed by atoms with Gasteiger partial charge in [-0.25, -0.2) is 0 Å². The van der Waals surface area contributed by atoms with Gasteiger partial charge in [-0.3, -0.25) is 4.79 Å². The van der Waals surface area contributed by atoms with E-state index in [9.17, 15) is 4.79 Å². The van der Waals surface area contributed by atoms with E-state index in [0.717, 1.165) is 31.1 Å². The molecule has 0 spiro atoms. The maximum absolute atomic E-state index is 11.9. The number of rotatable bonds is 8. The lowest BCUT2D eigenvalue weighted by Crippen LogP contribution is -2.28. The summed E-state index contributed by atoms with van der Waals surface area (Å²) in [6.07, 6.45) is 18.9. The molecule has 2 saturated carbocycles. The van der Waals surface area contributed by atoms with Crippen molar-refractivity contribution in [2.75, 3.05) is 0 Å². The highest BCUT2D eigenvalue weighted by Gasteiger charge is 2.29. The predicted molar refractivity (Wildman–Crippen MR) is 91.8 cm³/mol. The Morgan fingerprint density at radius 2 is 1.45 bits per heavy atom. The van der Waals surface area contributed by atoms with Gasteiger partial charge in [0.15, 0.2) is 0 Å². The highest BCUT2D eigenvalue weighted by atomic mass is 16.5. The summed E-state index contributed by atoms with van der Waals surface area (Å²) >= 11 is 0. The molecule has 2 aliphatic carbocycles. The second-order valence-electron chi connectivity index (χ2n) is 7.59. The van der Waals surface area contributed by atoms with Crippen LogP contribution in [0.15, 0.2) is 0 Å². The molecule has 0 bridgehead atoms. The SMILES string of the molecule is CCCCCCCC(=O)OC1CCC(C2CCCCC2)CC1. The molecular weight excluding hydrogens is 272 g/mol. The van der Waals surface area contributed by atoms with Gasteiger partial charge in [-0.1, -0.05) is 64.7 Å². The minimum Gasteiger partial charge on any atom is -0.462 e. The molecule has 22 heavy (non-hydrogen) atoms. The van der Waals surface area contributed by atoms with E-state index in [2.05, 4.69) is 6.92 Å². The van der Waals surface area contributed by atoms with Gasteiger partial charge in [0.1, 0.15) is 6.10 Å². The quantitative estimate of drug-likeness (QED) is 0.404. The average molecular weight is 309 g/mol. The van der Waals surface area contributed by atoms with Gasteiger partial charge in [-0.05, 0) is 43.9 Å². The Morgan fingerprint density at radius 3 is 2.14 bits per heavy atom. The van der Waals surface area contributed by atoms with Crippen LogP contribution in [0.5, 0.6) is 0 Å². The predicted octanol–water partition coefficient (Wildman–Crippen LogP) is 6.03. The molecule has 0 N–H and O–H groups in total. The van der Waals surface area contributed by atoms with Crippen molar-refractivity contribution in [3.63, 3.8) is 0 Å². The molecular formula is C20H36O2. The molecule has 2 nitrogen and oxygen atoms in total. The summed E-state index contributed by atoms with van der Waals surface area (Å²) in [5.41, 5.74) is 0. The minimum absolute atomic E-state index is 0.0533. The fourth-order valence-electron chi connectivity index (χ4n) is 4.40. The molecule has 0 unspecified atom stereocenters. The van der Waals surface area contributed by atoms with Crippen LogP contribution in [-0.4, -0.2) is 12.1 Å². The summed E-state index contributed by atoms with van der Waals surface area (Å²) in [6, 6.07) is 0. The standard InChI is InChI=1S/C20H36O2/c1-2-3-4-5-9-12-20(21)22-19-15-13-18(14-16-19)17-10-7-6-8-11-17/h17-19H,2-16H2,1H3. The molecule has 128 valence electrons. The molecule has 0 heterocycles. The molecule has 2 aliphatic rings. The Labute approximate surface area is 137 Å². The van der Waals surface area contributed by atoms with Crippen LogP contribution in [-0.2, 0) is 9.53 Å². The third kappa shape index (κ3) is 6.30. The normalized spacial score (nSPS) is 26.8. The molecule has 2 heteroatoms. The lowest BCUT2D eigenvalue weighted by atomic mass is 9.73. The van der Waals surface area contributed by atoms with Crippen molar-refractivity contribution in [3.05, 3.63) is 0 Å². The number of esters is 1. The molecule has 0 aromatic rings. The van der Waals surface area contributed by atoms with E-state index in [4.69, 9.17) is 4.74 Å². The zero-order valence-corrected chi connectivity index (χ0v) is 14.7. The van der Waals surface area contributed by atoms with Crippen LogP contribution in [0.4, 0.5) is 0 Å². The van der Waals surface area contributed by atoms with Gasteiger partial charge < -0.3 is 4.74 Å². The van der Waals surface area contributed by atoms with Gasteiger partial charge in [0.25, 0.3) is 0 Å². The molecule has 0 aliphatic heterocycles. The molecule has 0 aromatic heterocycles. The first-order valence-electron chi connectivity index (χ1n) is 9.99. The van der Waals surface area contributed by atoms with Crippen LogP contribution in [0.3, 0.4) is 0 Å². The van der Waals surface area contributed by atoms with Crippen molar-refractivity contribution in [3.8, 4) is 0 Å². The summed E-state index contributed by atoms with van der Waals surface area (Å²) in [5, 5.41) is 0. The van der Waals surface area contributed by atoms with Crippen LogP contribution in [0.2, 0.25) is 0 Å². The van der Waals surface area contributed by atoms with E-state index in [1.54, 1.807) is 0 Å². The van der Waals surface area contributed by atoms with Gasteiger partial charge in [0.2, 0.25) is 0 Å². The monoisotopic (exact) mass is 308 g/mol. The first-order chi connectivity index (χ1) is 10.8. The van der Waals surface area contributed by atoms with E-state index < -0.39 is 0 Å². The third-order valence-electron chi connectivity index (χ3n) is 5.82. The van der Waals surface area contributed by atoms with Gasteiger partial charge >= 0.3 is 5.97 Å². The number of ether oxygens (including phenoxy) is 1. The van der Waals surface area contributed by atoms with Crippen LogP contribution < -0.4 is 0 Å². The summed E-state index contributed by atoms with van der Waals surface area (Å²) in [5.74, 6) is 1.95. The van der Waals surface area contributed by atoms with E-state index in [1.807, 2.05) is 0 Å². The minimum atomic E-state index is 0.0533. The van der Waals surface area contributed by atoms with Crippen molar-refractivity contribution in [1.29, 1.82) is 0 Å². The van der Waals surface area contributed by atoms with Crippen molar-refractivity contribution < 1.29 is 9.53 Å². The summed E-state index contributed by atoms with van der Waals surface area (Å²) in [7, 11) is 0. The number of unbranched alkanes of at least 4 members (excludes halogenated alkanes) is 4. The van der Waals surface area contributed by atoms with E-state index >= 15 is 0 Å². The van der Waals surface area contributed by atoms with Crippen LogP contribution in [0.25, 0.3) is 0 Å². The Balaban J connectivity index is 1.55. The molecule has 0 saturated heterocycles. The van der Waals surface area contributed by atoms with Crippen molar-refractivity contribution in [1.82, 2.24) is 0 Å². The highest BCUT2D eigenvalue weighted by Crippen LogP contribution is 2.38. The van der Waals surface area contributed by atoms with Gasteiger partial charge in [-0.2, -0.15) is 0 Å². The average Bonchev–Trinajstić information content (AvgIpc) is 2.56. The molecule has 2 rings (SSSR count). The summed E-state index contributed by atoms with van der Waals surface area (Å²) < 4.78 is 5.69. The maximum atomic E-state index is 11.9. The first kappa shape index (κ1) is 17.8. The second kappa shape index (κ2) is 10.3. The molecule has 0 amide bonds. The molecule has 0 radical (unpaired) electrons. The van der Waals surface area contributed by atoms with Crippen LogP contribution in [0, 0.1) is 11.8 Å². The highest BCUT2D eigenvalue weighted by molar-refractivity contribution is 5.69. The third-order valence-corrected chi connectivity index (χ3v) is 5.82. The van der Waals surface area contributed by atoms with Crippen molar-refractivity contribution in [2.45, 2.75) is 109 Å². The topological polar surface area (TPSA) is 26.3 Å².